The molecule has 0 aromatic carbocycles. The van der Waals surface area contributed by atoms with Crippen molar-refractivity contribution < 1.29 is 210 Å². The number of carbonyl (C=O) groups excluding carboxylic acids is 7. The quantitative estimate of drug-likeness (QED) is 0.107. The third-order valence-corrected chi connectivity index (χ3v) is 18.8. The van der Waals surface area contributed by atoms with Crippen molar-refractivity contribution in [2.75, 3.05) is 0 Å². The van der Waals surface area contributed by atoms with Crippen LogP contribution in [0.4, 0.5) is 0 Å². The van der Waals surface area contributed by atoms with Gasteiger partial charge in [-0.05, 0) is 194 Å². The van der Waals surface area contributed by atoms with Gasteiger partial charge in [0.1, 0.15) is 28.8 Å². The third kappa shape index (κ3) is 27.9. The first-order valence-corrected chi connectivity index (χ1v) is 30.7. The SMILES string of the molecule is CC(=O)C1=C(O)C(C(C)C)CCC1.CC(=O)C1=C(O)C(C)(C)CC1.CC(=O)C1=C(O)C(C)(C)CCC1.CC(=O)C1=C(O)C(CC(C)C)CCC1.CC(=O)C1=C(O)C2(C)CCC1C2(C)C.CC(=O)C1=C(O)CCC1.CC(=O)C1=C(O)CCCC1.[Ir].[Ir].[Ir].[Ir].[Ir].[Ir].[Ir]. The van der Waals surface area contributed by atoms with E-state index in [-0.39, 0.29) is 221 Å². The van der Waals surface area contributed by atoms with E-state index >= 15 is 0 Å². The number of ketones is 7. The van der Waals surface area contributed by atoms with Gasteiger partial charge in [0.15, 0.2) is 40.5 Å². The van der Waals surface area contributed by atoms with Gasteiger partial charge in [0.05, 0.1) is 11.5 Å². The van der Waals surface area contributed by atoms with Crippen LogP contribution in [0.2, 0.25) is 0 Å². The Labute approximate surface area is 634 Å². The van der Waals surface area contributed by atoms with Crippen LogP contribution < -0.4 is 0 Å². The summed E-state index contributed by atoms with van der Waals surface area (Å²) in [7, 11) is 0. The normalized spacial score (nSPS) is 22.9. The largest absolute Gasteiger partial charge is 0.512 e. The Bertz CT molecular complexity index is 2670. The number of hydrogen-bond donors (Lipinski definition) is 7. The van der Waals surface area contributed by atoms with Crippen LogP contribution in [-0.2, 0) is 174 Å². The maximum Gasteiger partial charge on any atom is 0.159 e. The zero-order chi connectivity index (χ0) is 63.9. The Hall–Kier alpha value is -0.985. The summed E-state index contributed by atoms with van der Waals surface area (Å²) >= 11 is 0. The molecule has 1 saturated carbocycles. The minimum Gasteiger partial charge on any atom is -0.512 e. The van der Waals surface area contributed by atoms with E-state index in [2.05, 4.69) is 48.5 Å². The van der Waals surface area contributed by atoms with Crippen molar-refractivity contribution in [3.63, 3.8) is 0 Å². The Kier molecular flexibility index (Phi) is 49.8. The van der Waals surface area contributed by atoms with Crippen LogP contribution in [0.5, 0.6) is 0 Å². The molecule has 7 radical (unpaired) electrons. The first-order chi connectivity index (χ1) is 38.2. The van der Waals surface area contributed by atoms with Gasteiger partial charge in [0.2, 0.25) is 0 Å². The van der Waals surface area contributed by atoms with Gasteiger partial charge in [0, 0.05) is 221 Å². The fourth-order valence-corrected chi connectivity index (χ4v) is 13.0. The standard InChI is InChI=1S/C12H18O2.C12H20O2.C11H18O2.C10H16O2.C9H14O2.C8H12O2.C7H10O2.7Ir/c1-7(13)9-8-5-6-12(4,10(9)14)11(8,2)3;1-8(2)7-10-5-4-6-11(9(3)13)12(10)14;1-7(2)9-5-4-6-10(8(3)12)11(9)13;1-7(11)8-5-4-6-10(2,3)9(8)12;1-6(10)7-4-5-9(2,3)8(7)11;1-6(9)7-4-2-3-5-8(7)10;1-5(8)6-3-2-4-7(6)9;;;;;;;/h8,14H,5-6H2,1-4H3;8,10,14H,4-7H2,1-3H3;7,9,13H,4-6H2,1-3H3;12H,4-6H2,1-3H3;11H,4-5H2,1-3H3;10H,2-5H2,1H3;9H,2-4H2,1H3;;;;;;;. The monoisotopic (exact) mass is 2510 g/mol. The molecule has 0 aliphatic heterocycles. The van der Waals surface area contributed by atoms with Crippen molar-refractivity contribution in [2.24, 2.45) is 51.2 Å². The Balaban J connectivity index is -0.000000227. The molecule has 0 amide bonds. The number of aliphatic hydroxyl groups excluding tert-OH is 7. The number of fused-ring (bicyclic) bond motifs is 2. The van der Waals surface area contributed by atoms with Crippen LogP contribution in [0.25, 0.3) is 0 Å². The molecule has 2 bridgehead atoms. The summed E-state index contributed by atoms with van der Waals surface area (Å²) in [6.07, 6.45) is 18.9. The number of Topliss-reactive ketones (excluding diaryl/α,β-unsaturated/α-hetero) is 7. The zero-order valence-corrected chi connectivity index (χ0v) is 73.3. The summed E-state index contributed by atoms with van der Waals surface area (Å²) in [6.45, 7) is 33.4. The van der Waals surface area contributed by atoms with Crippen molar-refractivity contribution in [3.8, 4) is 0 Å². The van der Waals surface area contributed by atoms with Gasteiger partial charge in [-0.3, -0.25) is 33.6 Å². The minimum absolute atomic E-state index is 0. The molecule has 90 heavy (non-hydrogen) atoms. The summed E-state index contributed by atoms with van der Waals surface area (Å²) in [5.74, 6) is 4.20. The molecule has 8 aliphatic rings. The van der Waals surface area contributed by atoms with E-state index in [9.17, 15) is 64.2 Å². The van der Waals surface area contributed by atoms with E-state index < -0.39 is 0 Å². The smallest absolute Gasteiger partial charge is 0.159 e. The van der Waals surface area contributed by atoms with Crippen LogP contribution in [0, 0.1) is 51.2 Å². The molecule has 4 atom stereocenters. The number of carbonyl (C=O) groups is 7. The fourth-order valence-electron chi connectivity index (χ4n) is 13.0. The summed E-state index contributed by atoms with van der Waals surface area (Å²) in [6, 6.07) is 0. The maximum atomic E-state index is 11.5. The molecule has 0 aromatic rings. The molecule has 14 nitrogen and oxygen atoms in total. The maximum absolute atomic E-state index is 11.5. The molecular formula is C69H108Ir7O14. The van der Waals surface area contributed by atoms with E-state index in [0.717, 1.165) is 122 Å². The number of allylic oxidation sites excluding steroid dienone is 14. The summed E-state index contributed by atoms with van der Waals surface area (Å²) in [5.41, 5.74) is 4.05. The Morgan fingerprint density at radius 3 is 1.08 bits per heavy atom. The van der Waals surface area contributed by atoms with Gasteiger partial charge in [-0.15, -0.1) is 0 Å². The molecule has 531 valence electrons. The van der Waals surface area contributed by atoms with Crippen LogP contribution >= 0.6 is 0 Å². The molecule has 21 heteroatoms. The van der Waals surface area contributed by atoms with E-state index in [0.29, 0.717) is 104 Å². The van der Waals surface area contributed by atoms with E-state index in [1.165, 1.54) is 34.6 Å². The summed E-state index contributed by atoms with van der Waals surface area (Å²) in [5, 5.41) is 67.3. The van der Waals surface area contributed by atoms with Gasteiger partial charge in [0.25, 0.3) is 0 Å². The molecule has 8 rings (SSSR count). The van der Waals surface area contributed by atoms with E-state index in [1.54, 1.807) is 13.8 Å². The Morgan fingerprint density at radius 2 is 0.756 bits per heavy atom. The van der Waals surface area contributed by atoms with Crippen molar-refractivity contribution in [2.45, 2.75) is 259 Å². The van der Waals surface area contributed by atoms with Crippen molar-refractivity contribution in [1.82, 2.24) is 0 Å². The van der Waals surface area contributed by atoms with Gasteiger partial charge in [-0.2, -0.15) is 0 Å². The number of hydrogen-bond acceptors (Lipinski definition) is 14. The van der Waals surface area contributed by atoms with E-state index in [1.807, 2.05) is 27.7 Å². The predicted molar refractivity (Wildman–Crippen MR) is 329 cm³/mol. The van der Waals surface area contributed by atoms with Crippen LogP contribution in [0.15, 0.2) is 79.3 Å². The predicted octanol–water partition coefficient (Wildman–Crippen LogP) is 17.2. The molecule has 0 spiro atoms. The third-order valence-electron chi connectivity index (χ3n) is 18.8. The topological polar surface area (TPSA) is 261 Å². The molecule has 0 aromatic heterocycles. The van der Waals surface area contributed by atoms with Gasteiger partial charge < -0.3 is 35.7 Å². The second-order valence-electron chi connectivity index (χ2n) is 27.2. The van der Waals surface area contributed by atoms with Crippen molar-refractivity contribution >= 4 is 40.5 Å². The summed E-state index contributed by atoms with van der Waals surface area (Å²) in [4.78, 5) is 77.3. The van der Waals surface area contributed by atoms with Crippen molar-refractivity contribution in [3.05, 3.63) is 79.3 Å². The zero-order valence-electron chi connectivity index (χ0n) is 56.6. The molecule has 7 N–H and O–H groups in total. The van der Waals surface area contributed by atoms with Crippen LogP contribution in [0.1, 0.15) is 259 Å². The molecule has 1 fully saturated rings. The average Bonchev–Trinajstić information content (AvgIpc) is 1.56. The fraction of sp³-hybridized carbons (Fsp3) is 0.696. The molecule has 0 heterocycles. The summed E-state index contributed by atoms with van der Waals surface area (Å²) < 4.78 is 0. The van der Waals surface area contributed by atoms with Gasteiger partial charge in [-0.1, -0.05) is 76.2 Å². The Morgan fingerprint density at radius 1 is 0.389 bits per heavy atom. The number of rotatable bonds is 10. The second-order valence-corrected chi connectivity index (χ2v) is 27.2. The van der Waals surface area contributed by atoms with Crippen LogP contribution in [-0.4, -0.2) is 76.2 Å². The minimum atomic E-state index is -0.195. The van der Waals surface area contributed by atoms with Crippen molar-refractivity contribution in [1.29, 1.82) is 0 Å². The molecule has 4 unspecified atom stereocenters. The van der Waals surface area contributed by atoms with E-state index in [4.69, 9.17) is 5.11 Å². The molecule has 8 aliphatic carbocycles. The number of aliphatic hydroxyl groups is 7. The van der Waals surface area contributed by atoms with Gasteiger partial charge in [-0.25, -0.2) is 0 Å². The first kappa shape index (κ1) is 100. The van der Waals surface area contributed by atoms with Gasteiger partial charge >= 0.3 is 0 Å². The van der Waals surface area contributed by atoms with Crippen LogP contribution in [0.3, 0.4) is 0 Å². The molecule has 0 saturated heterocycles. The second kappa shape index (κ2) is 44.8. The average molecular weight is 2510 g/mol. The first-order valence-electron chi connectivity index (χ1n) is 30.7. The molecular weight excluding hydrogens is 2400 g/mol.